The van der Waals surface area contributed by atoms with E-state index in [2.05, 4.69) is 11.8 Å². The summed E-state index contributed by atoms with van der Waals surface area (Å²) in [6.07, 6.45) is 5.46. The first-order valence-corrected chi connectivity index (χ1v) is 4.99. The van der Waals surface area contributed by atoms with Crippen LogP contribution in [0.4, 0.5) is 0 Å². The molecule has 12 heavy (non-hydrogen) atoms. The van der Waals surface area contributed by atoms with E-state index in [4.69, 9.17) is 0 Å². The van der Waals surface area contributed by atoms with E-state index in [0.717, 1.165) is 19.4 Å². The zero-order valence-corrected chi connectivity index (χ0v) is 8.71. The van der Waals surface area contributed by atoms with Crippen molar-refractivity contribution < 1.29 is 5.11 Å². The van der Waals surface area contributed by atoms with Gasteiger partial charge in [0.15, 0.2) is 0 Å². The topological polar surface area (TPSA) is 23.5 Å². The molecule has 1 atom stereocenters. The molecule has 0 radical (unpaired) electrons. The first-order valence-electron chi connectivity index (χ1n) is 4.99. The molecule has 0 aromatic carbocycles. The highest BCUT2D eigenvalue weighted by atomic mass is 16.3. The Morgan fingerprint density at radius 2 is 1.83 bits per heavy atom. The molecule has 0 aliphatic rings. The number of aliphatic hydroxyl groups is 1. The number of rotatable bonds is 7. The van der Waals surface area contributed by atoms with Crippen LogP contribution >= 0.6 is 0 Å². The highest BCUT2D eigenvalue weighted by molar-refractivity contribution is 4.57. The Kier molecular flexibility index (Phi) is 7.51. The van der Waals surface area contributed by atoms with E-state index in [9.17, 15) is 5.11 Å². The van der Waals surface area contributed by atoms with Gasteiger partial charge in [0, 0.05) is 0 Å². The molecule has 2 heteroatoms. The predicted molar refractivity (Wildman–Crippen MR) is 53.3 cm³/mol. The molecule has 0 aromatic rings. The Labute approximate surface area is 76.6 Å². The van der Waals surface area contributed by atoms with E-state index in [0.29, 0.717) is 0 Å². The third-order valence-electron chi connectivity index (χ3n) is 2.05. The van der Waals surface area contributed by atoms with E-state index >= 15 is 0 Å². The van der Waals surface area contributed by atoms with E-state index in [1.807, 2.05) is 14.1 Å². The fraction of sp³-hybridized carbons (Fsp3) is 1.00. The van der Waals surface area contributed by atoms with Crippen LogP contribution in [-0.2, 0) is 0 Å². The Hall–Kier alpha value is -0.0800. The Morgan fingerprint density at radius 3 is 2.33 bits per heavy atom. The minimum absolute atomic E-state index is 0.0843. The summed E-state index contributed by atoms with van der Waals surface area (Å²) in [4.78, 5) is 2.11. The van der Waals surface area contributed by atoms with Crippen molar-refractivity contribution in [3.8, 4) is 0 Å². The molecule has 0 bridgehead atoms. The van der Waals surface area contributed by atoms with Gasteiger partial charge in [-0.05, 0) is 33.5 Å². The number of aliphatic hydroxyl groups excluding tert-OH is 1. The maximum absolute atomic E-state index is 9.50. The van der Waals surface area contributed by atoms with Crippen LogP contribution < -0.4 is 0 Å². The van der Waals surface area contributed by atoms with Gasteiger partial charge in [-0.2, -0.15) is 0 Å². The lowest BCUT2D eigenvalue weighted by Crippen LogP contribution is -2.19. The van der Waals surface area contributed by atoms with Gasteiger partial charge in [-0.15, -0.1) is 0 Å². The molecule has 0 amide bonds. The van der Waals surface area contributed by atoms with Gasteiger partial charge >= 0.3 is 0 Å². The summed E-state index contributed by atoms with van der Waals surface area (Å²) in [5, 5.41) is 9.50. The van der Waals surface area contributed by atoms with E-state index in [-0.39, 0.29) is 6.10 Å². The maximum Gasteiger partial charge on any atom is 0.0552 e. The first kappa shape index (κ1) is 11.9. The minimum atomic E-state index is -0.0843. The van der Waals surface area contributed by atoms with Gasteiger partial charge in [-0.1, -0.05) is 26.2 Å². The molecular weight excluding hydrogens is 150 g/mol. The van der Waals surface area contributed by atoms with Gasteiger partial charge in [-0.3, -0.25) is 0 Å². The number of unbranched alkanes of at least 4 members (excludes halogenated alkanes) is 2. The van der Waals surface area contributed by atoms with Gasteiger partial charge < -0.3 is 10.0 Å². The smallest absolute Gasteiger partial charge is 0.0552 e. The molecule has 0 saturated carbocycles. The van der Waals surface area contributed by atoms with Crippen molar-refractivity contribution in [3.05, 3.63) is 0 Å². The SMILES string of the molecule is CCCCC[C@H](O)CCN(C)C. The van der Waals surface area contributed by atoms with Crippen molar-refractivity contribution in [2.24, 2.45) is 0 Å². The molecule has 0 heterocycles. The molecule has 0 rings (SSSR count). The molecular formula is C10H23NO. The fourth-order valence-corrected chi connectivity index (χ4v) is 1.18. The molecule has 0 aliphatic heterocycles. The van der Waals surface area contributed by atoms with Crippen LogP contribution in [0.1, 0.15) is 39.0 Å². The van der Waals surface area contributed by atoms with Crippen molar-refractivity contribution in [2.45, 2.75) is 45.1 Å². The molecule has 0 unspecified atom stereocenters. The highest BCUT2D eigenvalue weighted by Crippen LogP contribution is 2.06. The second-order valence-electron chi connectivity index (χ2n) is 3.74. The number of hydrogen-bond acceptors (Lipinski definition) is 2. The zero-order valence-electron chi connectivity index (χ0n) is 8.71. The normalized spacial score (nSPS) is 13.8. The molecule has 0 saturated heterocycles. The number of nitrogens with zero attached hydrogens (tertiary/aromatic N) is 1. The van der Waals surface area contributed by atoms with Crippen molar-refractivity contribution in [1.29, 1.82) is 0 Å². The third-order valence-corrected chi connectivity index (χ3v) is 2.05. The molecule has 0 aromatic heterocycles. The van der Waals surface area contributed by atoms with Gasteiger partial charge in [0.2, 0.25) is 0 Å². The summed E-state index contributed by atoms with van der Waals surface area (Å²) in [7, 11) is 4.08. The molecule has 2 nitrogen and oxygen atoms in total. The Bertz CT molecular complexity index is 93.8. The van der Waals surface area contributed by atoms with Crippen molar-refractivity contribution in [2.75, 3.05) is 20.6 Å². The van der Waals surface area contributed by atoms with Gasteiger partial charge in [-0.25, -0.2) is 0 Å². The lowest BCUT2D eigenvalue weighted by atomic mass is 10.1. The monoisotopic (exact) mass is 173 g/mol. The van der Waals surface area contributed by atoms with Crippen LogP contribution in [0.5, 0.6) is 0 Å². The van der Waals surface area contributed by atoms with Crippen molar-refractivity contribution in [3.63, 3.8) is 0 Å². The molecule has 74 valence electrons. The zero-order chi connectivity index (χ0) is 9.40. The summed E-state index contributed by atoms with van der Waals surface area (Å²) < 4.78 is 0. The second-order valence-corrected chi connectivity index (χ2v) is 3.74. The number of hydrogen-bond donors (Lipinski definition) is 1. The maximum atomic E-state index is 9.50. The standard InChI is InChI=1S/C10H23NO/c1-4-5-6-7-10(12)8-9-11(2)3/h10,12H,4-9H2,1-3H3/t10-/m0/s1. The quantitative estimate of drug-likeness (QED) is 0.594. The highest BCUT2D eigenvalue weighted by Gasteiger charge is 2.03. The largest absolute Gasteiger partial charge is 0.393 e. The molecule has 0 spiro atoms. The lowest BCUT2D eigenvalue weighted by molar-refractivity contribution is 0.139. The summed E-state index contributed by atoms with van der Waals surface area (Å²) in [5.74, 6) is 0. The Balaban J connectivity index is 3.15. The minimum Gasteiger partial charge on any atom is -0.393 e. The van der Waals surface area contributed by atoms with E-state index < -0.39 is 0 Å². The van der Waals surface area contributed by atoms with Gasteiger partial charge in [0.1, 0.15) is 0 Å². The average molecular weight is 173 g/mol. The van der Waals surface area contributed by atoms with Crippen LogP contribution in [-0.4, -0.2) is 36.8 Å². The van der Waals surface area contributed by atoms with E-state index in [1.165, 1.54) is 19.3 Å². The van der Waals surface area contributed by atoms with Crippen LogP contribution in [0.3, 0.4) is 0 Å². The van der Waals surface area contributed by atoms with Crippen LogP contribution in [0.2, 0.25) is 0 Å². The van der Waals surface area contributed by atoms with Gasteiger partial charge in [0.05, 0.1) is 6.10 Å². The first-order chi connectivity index (χ1) is 5.66. The fourth-order valence-electron chi connectivity index (χ4n) is 1.18. The van der Waals surface area contributed by atoms with Crippen LogP contribution in [0.25, 0.3) is 0 Å². The Morgan fingerprint density at radius 1 is 1.17 bits per heavy atom. The molecule has 0 aliphatic carbocycles. The molecule has 1 N–H and O–H groups in total. The van der Waals surface area contributed by atoms with Crippen LogP contribution in [0, 0.1) is 0 Å². The molecule has 0 fully saturated rings. The summed E-state index contributed by atoms with van der Waals surface area (Å²) in [6.45, 7) is 3.18. The van der Waals surface area contributed by atoms with Gasteiger partial charge in [0.25, 0.3) is 0 Å². The van der Waals surface area contributed by atoms with Crippen molar-refractivity contribution in [1.82, 2.24) is 4.90 Å². The second kappa shape index (κ2) is 7.56. The summed E-state index contributed by atoms with van der Waals surface area (Å²) >= 11 is 0. The summed E-state index contributed by atoms with van der Waals surface area (Å²) in [5.41, 5.74) is 0. The summed E-state index contributed by atoms with van der Waals surface area (Å²) in [6, 6.07) is 0. The van der Waals surface area contributed by atoms with Crippen LogP contribution in [0.15, 0.2) is 0 Å². The third kappa shape index (κ3) is 8.02. The van der Waals surface area contributed by atoms with Crippen molar-refractivity contribution >= 4 is 0 Å². The lowest BCUT2D eigenvalue weighted by Gasteiger charge is -2.13. The van der Waals surface area contributed by atoms with E-state index in [1.54, 1.807) is 0 Å². The average Bonchev–Trinajstić information content (AvgIpc) is 2.01. The predicted octanol–water partition coefficient (Wildman–Crippen LogP) is 1.88.